The van der Waals surface area contributed by atoms with Gasteiger partial charge in [0.05, 0.1) is 16.7 Å². The average Bonchev–Trinajstić information content (AvgIpc) is 2.63. The fraction of sp³-hybridized carbons (Fsp3) is 0.211. The summed E-state index contributed by atoms with van der Waals surface area (Å²) in [7, 11) is 0. The summed E-state index contributed by atoms with van der Waals surface area (Å²) in [5.41, 5.74) is 0.727. The number of esters is 1. The number of carbonyl (C=O) groups excluding carboxylic acids is 2. The molecule has 27 heavy (non-hydrogen) atoms. The fourth-order valence-electron chi connectivity index (χ4n) is 2.05. The molecule has 1 amide bonds. The van der Waals surface area contributed by atoms with Gasteiger partial charge in [0, 0.05) is 17.8 Å². The number of anilines is 1. The monoisotopic (exact) mass is 408 g/mol. The molecule has 2 aromatic rings. The second kappa shape index (κ2) is 9.94. The number of halogens is 2. The third-order valence-electron chi connectivity index (χ3n) is 3.33. The predicted octanol–water partition coefficient (Wildman–Crippen LogP) is 4.37. The van der Waals surface area contributed by atoms with Crippen LogP contribution in [0.2, 0.25) is 10.0 Å². The zero-order valence-electron chi connectivity index (χ0n) is 14.7. The van der Waals surface area contributed by atoms with Gasteiger partial charge in [-0.3, -0.25) is 4.79 Å². The highest BCUT2D eigenvalue weighted by atomic mass is 35.5. The van der Waals surface area contributed by atoms with E-state index in [0.717, 1.165) is 5.56 Å². The highest BCUT2D eigenvalue weighted by Crippen LogP contribution is 2.23. The molecule has 0 aliphatic heterocycles. The lowest BCUT2D eigenvalue weighted by Crippen LogP contribution is -2.29. The maximum Gasteiger partial charge on any atom is 0.331 e. The van der Waals surface area contributed by atoms with E-state index in [4.69, 9.17) is 32.7 Å². The number of nitrogens with zero attached hydrogens (tertiary/aromatic N) is 1. The molecule has 2 rings (SSSR count). The van der Waals surface area contributed by atoms with Crippen molar-refractivity contribution in [3.8, 4) is 5.75 Å². The number of ether oxygens (including phenoxy) is 2. The number of benzene rings is 1. The Morgan fingerprint density at radius 2 is 2.04 bits per heavy atom. The Balaban J connectivity index is 1.95. The van der Waals surface area contributed by atoms with Crippen LogP contribution < -0.4 is 10.1 Å². The molecular formula is C19H18Cl2N2O4. The van der Waals surface area contributed by atoms with Crippen molar-refractivity contribution in [2.24, 2.45) is 0 Å². The molecule has 0 spiro atoms. The van der Waals surface area contributed by atoms with E-state index in [2.05, 4.69) is 10.3 Å². The first-order valence-electron chi connectivity index (χ1n) is 8.13. The molecule has 8 heteroatoms. The summed E-state index contributed by atoms with van der Waals surface area (Å²) < 4.78 is 10.6. The molecule has 0 bridgehead atoms. The Morgan fingerprint density at radius 1 is 1.30 bits per heavy atom. The third kappa shape index (κ3) is 6.27. The molecule has 0 unspecified atom stereocenters. The van der Waals surface area contributed by atoms with Gasteiger partial charge in [0.25, 0.3) is 5.91 Å². The maximum atomic E-state index is 12.1. The minimum absolute atomic E-state index is 0.134. The van der Waals surface area contributed by atoms with Gasteiger partial charge in [-0.15, -0.1) is 0 Å². The van der Waals surface area contributed by atoms with Gasteiger partial charge in [-0.2, -0.15) is 0 Å². The number of amides is 1. The van der Waals surface area contributed by atoms with Gasteiger partial charge in [0.1, 0.15) is 5.75 Å². The van der Waals surface area contributed by atoms with Crippen LogP contribution in [-0.2, 0) is 14.3 Å². The van der Waals surface area contributed by atoms with Gasteiger partial charge in [-0.25, -0.2) is 9.78 Å². The smallest absolute Gasteiger partial charge is 0.331 e. The van der Waals surface area contributed by atoms with Crippen LogP contribution >= 0.6 is 23.2 Å². The first-order valence-corrected chi connectivity index (χ1v) is 8.88. The van der Waals surface area contributed by atoms with Crippen molar-refractivity contribution in [1.29, 1.82) is 0 Å². The topological polar surface area (TPSA) is 77.5 Å². The summed E-state index contributed by atoms with van der Waals surface area (Å²) in [5, 5.41) is 3.01. The maximum absolute atomic E-state index is 12.1. The Kier molecular flexibility index (Phi) is 7.64. The van der Waals surface area contributed by atoms with Crippen molar-refractivity contribution in [1.82, 2.24) is 4.98 Å². The van der Waals surface area contributed by atoms with E-state index in [0.29, 0.717) is 17.4 Å². The zero-order valence-corrected chi connectivity index (χ0v) is 16.3. The number of aromatic nitrogens is 1. The minimum Gasteiger partial charge on any atom is -0.493 e. The molecular weight excluding hydrogens is 391 g/mol. The van der Waals surface area contributed by atoms with Gasteiger partial charge in [-0.1, -0.05) is 41.4 Å². The van der Waals surface area contributed by atoms with Crippen LogP contribution in [0.4, 0.5) is 5.82 Å². The zero-order chi connectivity index (χ0) is 19.8. The van der Waals surface area contributed by atoms with E-state index in [1.165, 1.54) is 25.3 Å². The van der Waals surface area contributed by atoms with Crippen molar-refractivity contribution in [3.05, 3.63) is 58.2 Å². The summed E-state index contributed by atoms with van der Waals surface area (Å²) in [6.45, 7) is 3.82. The largest absolute Gasteiger partial charge is 0.493 e. The molecule has 6 nitrogen and oxygen atoms in total. The number of nitrogens with one attached hydrogen (secondary N) is 1. The standard InChI is InChI=1S/C19H18Cl2N2O4/c1-3-26-16-7-5-4-6-13(16)8-9-17(24)27-12(2)19(25)23-18-15(21)10-14(20)11-22-18/h4-12H,3H2,1-2H3,(H,22,23,25)/b9-8+/t12-/m1/s1. The normalized spacial score (nSPS) is 11.9. The molecule has 0 aliphatic carbocycles. The van der Waals surface area contributed by atoms with Crippen LogP contribution in [0.5, 0.6) is 5.75 Å². The third-order valence-corrected chi connectivity index (χ3v) is 3.82. The SMILES string of the molecule is CCOc1ccccc1/C=C/C(=O)O[C@H](C)C(=O)Nc1ncc(Cl)cc1Cl. The fourth-order valence-corrected chi connectivity index (χ4v) is 2.48. The Bertz CT molecular complexity index is 855. The van der Waals surface area contributed by atoms with Gasteiger partial charge in [0.15, 0.2) is 11.9 Å². The second-order valence-electron chi connectivity index (χ2n) is 5.36. The average molecular weight is 409 g/mol. The highest BCUT2D eigenvalue weighted by Gasteiger charge is 2.18. The van der Waals surface area contributed by atoms with Crippen LogP contribution in [-0.4, -0.2) is 29.6 Å². The summed E-state index contributed by atoms with van der Waals surface area (Å²) in [4.78, 5) is 28.0. The molecule has 1 aromatic carbocycles. The molecule has 1 atom stereocenters. The summed E-state index contributed by atoms with van der Waals surface area (Å²) in [6.07, 6.45) is 3.10. The van der Waals surface area contributed by atoms with Crippen LogP contribution in [0.3, 0.4) is 0 Å². The van der Waals surface area contributed by atoms with E-state index < -0.39 is 18.0 Å². The van der Waals surface area contributed by atoms with Gasteiger partial charge >= 0.3 is 5.97 Å². The lowest BCUT2D eigenvalue weighted by atomic mass is 10.2. The summed E-state index contributed by atoms with van der Waals surface area (Å²) in [6, 6.07) is 8.71. The quantitative estimate of drug-likeness (QED) is 0.543. The number of para-hydroxylation sites is 1. The molecule has 0 radical (unpaired) electrons. The first-order chi connectivity index (χ1) is 12.9. The number of carbonyl (C=O) groups is 2. The molecule has 142 valence electrons. The van der Waals surface area contributed by atoms with Crippen LogP contribution in [0.25, 0.3) is 6.08 Å². The van der Waals surface area contributed by atoms with E-state index in [1.807, 2.05) is 19.1 Å². The van der Waals surface area contributed by atoms with Crippen molar-refractivity contribution >= 4 is 47.0 Å². The minimum atomic E-state index is -1.04. The van der Waals surface area contributed by atoms with Crippen molar-refractivity contribution in [3.63, 3.8) is 0 Å². The molecule has 1 heterocycles. The number of hydrogen-bond acceptors (Lipinski definition) is 5. The summed E-state index contributed by atoms with van der Waals surface area (Å²) >= 11 is 11.7. The molecule has 1 aromatic heterocycles. The van der Waals surface area contributed by atoms with Gasteiger partial charge in [-0.05, 0) is 32.1 Å². The lowest BCUT2D eigenvalue weighted by molar-refractivity contribution is -0.148. The predicted molar refractivity (Wildman–Crippen MR) is 105 cm³/mol. The Morgan fingerprint density at radius 3 is 2.74 bits per heavy atom. The highest BCUT2D eigenvalue weighted by molar-refractivity contribution is 6.36. The lowest BCUT2D eigenvalue weighted by Gasteiger charge is -2.12. The Labute approximate surface area is 167 Å². The van der Waals surface area contributed by atoms with Crippen molar-refractivity contribution < 1.29 is 19.1 Å². The number of pyridine rings is 1. The molecule has 0 fully saturated rings. The number of hydrogen-bond donors (Lipinski definition) is 1. The number of rotatable bonds is 7. The Hall–Kier alpha value is -2.57. The van der Waals surface area contributed by atoms with Crippen molar-refractivity contribution in [2.45, 2.75) is 20.0 Å². The van der Waals surface area contributed by atoms with Crippen LogP contribution in [0.1, 0.15) is 19.4 Å². The van der Waals surface area contributed by atoms with Gasteiger partial charge in [0.2, 0.25) is 0 Å². The van der Waals surface area contributed by atoms with Gasteiger partial charge < -0.3 is 14.8 Å². The first kappa shape index (κ1) is 20.7. The van der Waals surface area contributed by atoms with E-state index in [-0.39, 0.29) is 10.8 Å². The van der Waals surface area contributed by atoms with Crippen LogP contribution in [0.15, 0.2) is 42.6 Å². The van der Waals surface area contributed by atoms with E-state index in [9.17, 15) is 9.59 Å². The molecule has 0 saturated heterocycles. The molecule has 0 saturated carbocycles. The molecule has 1 N–H and O–H groups in total. The van der Waals surface area contributed by atoms with E-state index >= 15 is 0 Å². The van der Waals surface area contributed by atoms with E-state index in [1.54, 1.807) is 18.2 Å². The molecule has 0 aliphatic rings. The summed E-state index contributed by atoms with van der Waals surface area (Å²) in [5.74, 6) is -0.448. The van der Waals surface area contributed by atoms with Crippen molar-refractivity contribution in [2.75, 3.05) is 11.9 Å². The van der Waals surface area contributed by atoms with Crippen LogP contribution in [0, 0.1) is 0 Å². The second-order valence-corrected chi connectivity index (χ2v) is 6.20.